The first-order valence-electron chi connectivity index (χ1n) is 12.4. The van der Waals surface area contributed by atoms with Crippen LogP contribution < -0.4 is 5.32 Å². The summed E-state index contributed by atoms with van der Waals surface area (Å²) in [6.07, 6.45) is 5.92. The zero-order valence-electron chi connectivity index (χ0n) is 20.3. The van der Waals surface area contributed by atoms with Crippen LogP contribution >= 0.6 is 11.8 Å². The molecule has 4 rings (SSSR count). The maximum atomic E-state index is 14.4. The fourth-order valence-electron chi connectivity index (χ4n) is 5.06. The van der Waals surface area contributed by atoms with Crippen LogP contribution in [0.25, 0.3) is 11.4 Å². The SMILES string of the molecule is CC(C)Cn1c(SCC(=O)NCC2(N3CCOCC3)CCCCC2)nnc1-c1ccccc1F. The maximum absolute atomic E-state index is 14.4. The van der Waals surface area contributed by atoms with E-state index in [9.17, 15) is 9.18 Å². The van der Waals surface area contributed by atoms with E-state index in [1.54, 1.807) is 18.2 Å². The number of morpholine rings is 1. The molecule has 1 aromatic carbocycles. The van der Waals surface area contributed by atoms with Crippen molar-refractivity contribution in [2.75, 3.05) is 38.6 Å². The lowest BCUT2D eigenvalue weighted by atomic mass is 9.79. The zero-order chi connectivity index (χ0) is 24.0. The Morgan fingerprint density at radius 2 is 1.91 bits per heavy atom. The van der Waals surface area contributed by atoms with Crippen molar-refractivity contribution in [1.29, 1.82) is 0 Å². The van der Waals surface area contributed by atoms with Crippen LogP contribution in [-0.4, -0.2) is 69.7 Å². The summed E-state index contributed by atoms with van der Waals surface area (Å²) >= 11 is 1.36. The second-order valence-electron chi connectivity index (χ2n) is 9.74. The molecule has 186 valence electrons. The van der Waals surface area contributed by atoms with Gasteiger partial charge in [-0.05, 0) is 30.9 Å². The van der Waals surface area contributed by atoms with Gasteiger partial charge in [0.15, 0.2) is 11.0 Å². The Kier molecular flexibility index (Phi) is 8.60. The summed E-state index contributed by atoms with van der Waals surface area (Å²) in [4.78, 5) is 15.4. The first-order valence-corrected chi connectivity index (χ1v) is 13.4. The van der Waals surface area contributed by atoms with E-state index >= 15 is 0 Å². The van der Waals surface area contributed by atoms with Crippen molar-refractivity contribution in [2.45, 2.75) is 63.2 Å². The van der Waals surface area contributed by atoms with Crippen molar-refractivity contribution < 1.29 is 13.9 Å². The largest absolute Gasteiger partial charge is 0.379 e. The number of nitrogens with zero attached hydrogens (tertiary/aromatic N) is 4. The lowest BCUT2D eigenvalue weighted by Crippen LogP contribution is -2.59. The van der Waals surface area contributed by atoms with Crippen LogP contribution in [0.3, 0.4) is 0 Å². The second-order valence-corrected chi connectivity index (χ2v) is 10.7. The van der Waals surface area contributed by atoms with E-state index < -0.39 is 0 Å². The molecule has 1 aliphatic heterocycles. The predicted octanol–water partition coefficient (Wildman–Crippen LogP) is 3.98. The van der Waals surface area contributed by atoms with Gasteiger partial charge in [-0.1, -0.05) is 57.0 Å². The normalized spacial score (nSPS) is 18.8. The topological polar surface area (TPSA) is 72.3 Å². The third-order valence-electron chi connectivity index (χ3n) is 6.79. The Hall–Kier alpha value is -1.97. The van der Waals surface area contributed by atoms with Crippen LogP contribution in [-0.2, 0) is 16.1 Å². The number of carbonyl (C=O) groups excluding carboxylic acids is 1. The van der Waals surface area contributed by atoms with Gasteiger partial charge in [0.1, 0.15) is 5.82 Å². The Bertz CT molecular complexity index is 955. The molecule has 1 aliphatic carbocycles. The number of rotatable bonds is 9. The minimum absolute atomic E-state index is 0.00486. The quantitative estimate of drug-likeness (QED) is 0.537. The number of halogens is 1. The zero-order valence-corrected chi connectivity index (χ0v) is 21.1. The highest BCUT2D eigenvalue weighted by Crippen LogP contribution is 2.34. The van der Waals surface area contributed by atoms with E-state index in [0.717, 1.165) is 39.1 Å². The van der Waals surface area contributed by atoms with E-state index in [1.165, 1.54) is 37.1 Å². The Labute approximate surface area is 205 Å². The van der Waals surface area contributed by atoms with Gasteiger partial charge in [-0.25, -0.2) is 4.39 Å². The number of benzene rings is 1. The fourth-order valence-corrected chi connectivity index (χ4v) is 5.84. The minimum atomic E-state index is -0.324. The predicted molar refractivity (Wildman–Crippen MR) is 132 cm³/mol. The average molecular weight is 490 g/mol. The standard InChI is InChI=1S/C25H36FN5O2S/c1-19(2)16-31-23(20-8-4-5-9-21(20)26)28-29-24(31)34-17-22(32)27-18-25(10-6-3-7-11-25)30-12-14-33-15-13-30/h4-5,8-9,19H,3,6-7,10-18H2,1-2H3,(H,27,32). The third-order valence-corrected chi connectivity index (χ3v) is 7.76. The molecule has 0 atom stereocenters. The van der Waals surface area contributed by atoms with Crippen molar-refractivity contribution >= 4 is 17.7 Å². The molecule has 0 radical (unpaired) electrons. The minimum Gasteiger partial charge on any atom is -0.379 e. The molecule has 34 heavy (non-hydrogen) atoms. The highest BCUT2D eigenvalue weighted by molar-refractivity contribution is 7.99. The van der Waals surface area contributed by atoms with Gasteiger partial charge in [-0.2, -0.15) is 0 Å². The second kappa shape index (κ2) is 11.6. The lowest BCUT2D eigenvalue weighted by molar-refractivity contribution is -0.119. The maximum Gasteiger partial charge on any atom is 0.230 e. The number of nitrogens with one attached hydrogen (secondary N) is 1. The van der Waals surface area contributed by atoms with Gasteiger partial charge in [-0.15, -0.1) is 10.2 Å². The number of carbonyl (C=O) groups is 1. The number of amides is 1. The molecule has 1 saturated carbocycles. The van der Waals surface area contributed by atoms with Gasteiger partial charge < -0.3 is 14.6 Å². The van der Waals surface area contributed by atoms with Crippen molar-refractivity contribution in [2.24, 2.45) is 5.92 Å². The van der Waals surface area contributed by atoms with Gasteiger partial charge >= 0.3 is 0 Å². The monoisotopic (exact) mass is 489 g/mol. The molecule has 2 fully saturated rings. The number of ether oxygens (including phenoxy) is 1. The smallest absolute Gasteiger partial charge is 0.230 e. The van der Waals surface area contributed by atoms with Crippen molar-refractivity contribution in [3.05, 3.63) is 30.1 Å². The summed E-state index contributed by atoms with van der Waals surface area (Å²) in [7, 11) is 0. The van der Waals surface area contributed by atoms with Crippen molar-refractivity contribution in [3.8, 4) is 11.4 Å². The van der Waals surface area contributed by atoms with Crippen LogP contribution in [0.15, 0.2) is 29.4 Å². The number of hydrogen-bond donors (Lipinski definition) is 1. The molecule has 1 amide bonds. The summed E-state index contributed by atoms with van der Waals surface area (Å²) in [5, 5.41) is 12.4. The van der Waals surface area contributed by atoms with Gasteiger partial charge in [0.25, 0.3) is 0 Å². The average Bonchev–Trinajstić information content (AvgIpc) is 3.24. The fraction of sp³-hybridized carbons (Fsp3) is 0.640. The molecule has 9 heteroatoms. The first-order chi connectivity index (χ1) is 16.5. The number of thioether (sulfide) groups is 1. The van der Waals surface area contributed by atoms with Crippen LogP contribution in [0.5, 0.6) is 0 Å². The first kappa shape index (κ1) is 25.1. The molecule has 0 bridgehead atoms. The van der Waals surface area contributed by atoms with Gasteiger partial charge in [-0.3, -0.25) is 9.69 Å². The van der Waals surface area contributed by atoms with E-state index in [1.807, 2.05) is 4.57 Å². The Morgan fingerprint density at radius 1 is 1.18 bits per heavy atom. The molecule has 0 spiro atoms. The van der Waals surface area contributed by atoms with Gasteiger partial charge in [0.05, 0.1) is 24.5 Å². The summed E-state index contributed by atoms with van der Waals surface area (Å²) in [6.45, 7) is 8.92. The van der Waals surface area contributed by atoms with Crippen molar-refractivity contribution in [3.63, 3.8) is 0 Å². The molecule has 2 heterocycles. The summed E-state index contributed by atoms with van der Waals surface area (Å²) in [5.41, 5.74) is 0.467. The molecular weight excluding hydrogens is 453 g/mol. The van der Waals surface area contributed by atoms with Gasteiger partial charge in [0.2, 0.25) is 5.91 Å². The van der Waals surface area contributed by atoms with Crippen LogP contribution in [0, 0.1) is 11.7 Å². The van der Waals surface area contributed by atoms with Crippen LogP contribution in [0.4, 0.5) is 4.39 Å². The van der Waals surface area contributed by atoms with E-state index in [-0.39, 0.29) is 23.0 Å². The Balaban J connectivity index is 1.41. The molecule has 1 saturated heterocycles. The highest BCUT2D eigenvalue weighted by Gasteiger charge is 2.38. The molecule has 7 nitrogen and oxygen atoms in total. The summed E-state index contributed by atoms with van der Waals surface area (Å²) in [5.74, 6) is 0.759. The molecule has 2 aromatic rings. The third kappa shape index (κ3) is 5.98. The lowest BCUT2D eigenvalue weighted by Gasteiger charge is -2.48. The van der Waals surface area contributed by atoms with Gasteiger partial charge in [0, 0.05) is 31.7 Å². The highest BCUT2D eigenvalue weighted by atomic mass is 32.2. The number of aromatic nitrogens is 3. The van der Waals surface area contributed by atoms with Crippen LogP contribution in [0.1, 0.15) is 46.0 Å². The molecule has 1 N–H and O–H groups in total. The van der Waals surface area contributed by atoms with E-state index in [2.05, 4.69) is 34.3 Å². The Morgan fingerprint density at radius 3 is 2.62 bits per heavy atom. The van der Waals surface area contributed by atoms with Crippen molar-refractivity contribution in [1.82, 2.24) is 25.0 Å². The summed E-state index contributed by atoms with van der Waals surface area (Å²) in [6, 6.07) is 6.60. The number of hydrogen-bond acceptors (Lipinski definition) is 6. The van der Waals surface area contributed by atoms with E-state index in [0.29, 0.717) is 35.6 Å². The van der Waals surface area contributed by atoms with E-state index in [4.69, 9.17) is 4.74 Å². The molecular formula is C25H36FN5O2S. The molecule has 2 aliphatic rings. The molecule has 1 aromatic heterocycles. The van der Waals surface area contributed by atoms with Crippen LogP contribution in [0.2, 0.25) is 0 Å². The molecule has 0 unspecified atom stereocenters. The summed E-state index contributed by atoms with van der Waals surface area (Å²) < 4.78 is 21.9.